The van der Waals surface area contributed by atoms with E-state index in [9.17, 15) is 18.0 Å². The summed E-state index contributed by atoms with van der Waals surface area (Å²) < 4.78 is 46.7. The summed E-state index contributed by atoms with van der Waals surface area (Å²) in [5.74, 6) is 1.32. The summed E-state index contributed by atoms with van der Waals surface area (Å²) in [5, 5.41) is 2.43. The van der Waals surface area contributed by atoms with Gasteiger partial charge in [-0.3, -0.25) is 9.20 Å². The Hall–Kier alpha value is -4.03. The van der Waals surface area contributed by atoms with E-state index in [4.69, 9.17) is 15.5 Å². The molecule has 6 rings (SSSR count). The number of hydrogen-bond acceptors (Lipinski definition) is 7. The minimum absolute atomic E-state index is 0.181. The number of likely N-dealkylation sites (tertiary alicyclic amines) is 1. The zero-order valence-corrected chi connectivity index (χ0v) is 22.3. The minimum Gasteiger partial charge on any atom is -0.382 e. The molecule has 2 aliphatic rings. The van der Waals surface area contributed by atoms with Gasteiger partial charge in [0.15, 0.2) is 0 Å². The van der Waals surface area contributed by atoms with Gasteiger partial charge in [0, 0.05) is 55.3 Å². The number of rotatable bonds is 6. The number of carbonyl (C=O) groups is 1. The van der Waals surface area contributed by atoms with Gasteiger partial charge in [-0.25, -0.2) is 15.0 Å². The van der Waals surface area contributed by atoms with Crippen molar-refractivity contribution in [3.63, 3.8) is 0 Å². The Morgan fingerprint density at radius 1 is 1.12 bits per heavy atom. The second-order valence-electron chi connectivity index (χ2n) is 10.6. The summed E-state index contributed by atoms with van der Waals surface area (Å²) >= 11 is 0. The van der Waals surface area contributed by atoms with Crippen molar-refractivity contribution >= 4 is 23.1 Å². The first kappa shape index (κ1) is 27.2. The molecule has 2 saturated heterocycles. The Morgan fingerprint density at radius 2 is 1.95 bits per heavy atom. The first-order valence-electron chi connectivity index (χ1n) is 13.6. The number of nitrogens with two attached hydrogens (primary N) is 1. The van der Waals surface area contributed by atoms with Crippen LogP contribution in [-0.2, 0) is 10.9 Å². The van der Waals surface area contributed by atoms with Crippen LogP contribution in [0.25, 0.3) is 16.8 Å². The molecule has 3 aromatic heterocycles. The average Bonchev–Trinajstić information content (AvgIpc) is 3.62. The molecule has 2 fully saturated rings. The van der Waals surface area contributed by atoms with Crippen LogP contribution in [0.4, 0.5) is 24.8 Å². The third kappa shape index (κ3) is 5.75. The second-order valence-corrected chi connectivity index (χ2v) is 10.6. The van der Waals surface area contributed by atoms with Crippen LogP contribution >= 0.6 is 0 Å². The van der Waals surface area contributed by atoms with Gasteiger partial charge >= 0.3 is 6.18 Å². The number of imidazole rings is 1. The van der Waals surface area contributed by atoms with E-state index in [0.29, 0.717) is 22.9 Å². The molecule has 0 bridgehead atoms. The van der Waals surface area contributed by atoms with Crippen molar-refractivity contribution in [1.29, 1.82) is 0 Å². The number of benzene rings is 1. The lowest BCUT2D eigenvalue weighted by Crippen LogP contribution is -2.38. The summed E-state index contributed by atoms with van der Waals surface area (Å²) in [7, 11) is 0. The van der Waals surface area contributed by atoms with Gasteiger partial charge in [0.25, 0.3) is 5.91 Å². The van der Waals surface area contributed by atoms with Gasteiger partial charge in [0.2, 0.25) is 0 Å². The second kappa shape index (κ2) is 11.1. The number of ether oxygens (including phenoxy) is 1. The van der Waals surface area contributed by atoms with Gasteiger partial charge in [0.1, 0.15) is 28.7 Å². The van der Waals surface area contributed by atoms with Gasteiger partial charge in [-0.1, -0.05) is 12.1 Å². The van der Waals surface area contributed by atoms with Crippen LogP contribution in [0.1, 0.15) is 46.9 Å². The van der Waals surface area contributed by atoms with Gasteiger partial charge < -0.3 is 20.7 Å². The van der Waals surface area contributed by atoms with Crippen molar-refractivity contribution in [1.82, 2.24) is 24.3 Å². The fraction of sp³-hybridized carbons (Fsp3) is 0.379. The number of nitrogens with zero attached hydrogens (tertiary/aromatic N) is 5. The molecule has 214 valence electrons. The number of pyridine rings is 1. The SMILES string of the molecule is Nc1nccn2c([C@@H]3CCCN(CC4CCOC4)C3)nc(-c3ccc(C(=O)Nc4cc(C(F)(F)F)ccn4)cc3)c12. The molecule has 1 aromatic carbocycles. The zero-order chi connectivity index (χ0) is 28.6. The van der Waals surface area contributed by atoms with E-state index in [1.807, 2.05) is 10.6 Å². The lowest BCUT2D eigenvalue weighted by Gasteiger charge is -2.33. The molecule has 5 heterocycles. The summed E-state index contributed by atoms with van der Waals surface area (Å²) in [6, 6.07) is 8.35. The Kier molecular flexibility index (Phi) is 7.35. The summed E-state index contributed by atoms with van der Waals surface area (Å²) in [5.41, 5.74) is 7.83. The summed E-state index contributed by atoms with van der Waals surface area (Å²) in [4.78, 5) is 28.5. The Labute approximate surface area is 234 Å². The van der Waals surface area contributed by atoms with Crippen molar-refractivity contribution in [2.75, 3.05) is 43.9 Å². The predicted octanol–water partition coefficient (Wildman–Crippen LogP) is 4.86. The van der Waals surface area contributed by atoms with Crippen LogP contribution in [0.3, 0.4) is 0 Å². The molecular weight excluding hydrogens is 535 g/mol. The largest absolute Gasteiger partial charge is 0.416 e. The monoisotopic (exact) mass is 565 g/mol. The first-order valence-corrected chi connectivity index (χ1v) is 13.6. The van der Waals surface area contributed by atoms with Crippen LogP contribution in [0.5, 0.6) is 0 Å². The van der Waals surface area contributed by atoms with Crippen LogP contribution in [0.15, 0.2) is 55.0 Å². The molecule has 9 nitrogen and oxygen atoms in total. The van der Waals surface area contributed by atoms with Crippen LogP contribution in [-0.4, -0.2) is 63.0 Å². The third-order valence-corrected chi connectivity index (χ3v) is 7.77. The molecule has 41 heavy (non-hydrogen) atoms. The molecule has 0 saturated carbocycles. The molecule has 1 amide bonds. The van der Waals surface area contributed by atoms with Gasteiger partial charge in [0.05, 0.1) is 12.2 Å². The van der Waals surface area contributed by atoms with Gasteiger partial charge in [-0.15, -0.1) is 0 Å². The summed E-state index contributed by atoms with van der Waals surface area (Å²) in [6.45, 7) is 4.65. The highest BCUT2D eigenvalue weighted by atomic mass is 19.4. The fourth-order valence-electron chi connectivity index (χ4n) is 5.74. The van der Waals surface area contributed by atoms with Crippen LogP contribution in [0, 0.1) is 5.92 Å². The number of aromatic nitrogens is 4. The highest BCUT2D eigenvalue weighted by Crippen LogP contribution is 2.35. The van der Waals surface area contributed by atoms with Crippen LogP contribution < -0.4 is 11.1 Å². The van der Waals surface area contributed by atoms with E-state index in [-0.39, 0.29) is 17.3 Å². The van der Waals surface area contributed by atoms with E-state index < -0.39 is 17.6 Å². The molecule has 0 spiro atoms. The number of piperidine rings is 1. The van der Waals surface area contributed by atoms with Gasteiger partial charge in [-0.2, -0.15) is 13.2 Å². The number of amides is 1. The quantitative estimate of drug-likeness (QED) is 0.344. The molecule has 1 unspecified atom stereocenters. The highest BCUT2D eigenvalue weighted by Gasteiger charge is 2.31. The highest BCUT2D eigenvalue weighted by molar-refractivity contribution is 6.04. The van der Waals surface area contributed by atoms with E-state index in [2.05, 4.69) is 20.2 Å². The molecule has 2 aliphatic heterocycles. The number of nitrogen functional groups attached to an aromatic ring is 1. The van der Waals surface area contributed by atoms with Crippen molar-refractivity contribution in [3.05, 3.63) is 71.9 Å². The van der Waals surface area contributed by atoms with Crippen LogP contribution in [0.2, 0.25) is 0 Å². The first-order chi connectivity index (χ1) is 19.8. The van der Waals surface area contributed by atoms with Crippen molar-refractivity contribution in [3.8, 4) is 11.3 Å². The molecule has 2 atom stereocenters. The number of halogens is 3. The van der Waals surface area contributed by atoms with Gasteiger partial charge in [-0.05, 0) is 56.0 Å². The maximum Gasteiger partial charge on any atom is 0.416 e. The van der Waals surface area contributed by atoms with E-state index >= 15 is 0 Å². The van der Waals surface area contributed by atoms with E-state index in [0.717, 1.165) is 81.8 Å². The number of nitrogens with one attached hydrogen (secondary N) is 1. The lowest BCUT2D eigenvalue weighted by molar-refractivity contribution is -0.137. The Morgan fingerprint density at radius 3 is 2.71 bits per heavy atom. The normalized spacial score (nSPS) is 20.0. The Balaban J connectivity index is 1.24. The molecule has 3 N–H and O–H groups in total. The number of fused-ring (bicyclic) bond motifs is 1. The Bertz CT molecular complexity index is 1550. The maximum absolute atomic E-state index is 13.0. The predicted molar refractivity (Wildman–Crippen MR) is 147 cm³/mol. The molecule has 0 aliphatic carbocycles. The smallest absolute Gasteiger partial charge is 0.382 e. The third-order valence-electron chi connectivity index (χ3n) is 7.77. The maximum atomic E-state index is 13.0. The topological polar surface area (TPSA) is 111 Å². The van der Waals surface area contributed by atoms with E-state index in [1.54, 1.807) is 30.5 Å². The van der Waals surface area contributed by atoms with Crippen molar-refractivity contribution in [2.24, 2.45) is 5.92 Å². The van der Waals surface area contributed by atoms with Crippen molar-refractivity contribution in [2.45, 2.75) is 31.4 Å². The summed E-state index contributed by atoms with van der Waals surface area (Å²) in [6.07, 6.45) is 3.22. The molecule has 4 aromatic rings. The molecular formula is C29H30F3N7O2. The number of hydrogen-bond donors (Lipinski definition) is 2. The fourth-order valence-corrected chi connectivity index (χ4v) is 5.74. The number of anilines is 2. The molecule has 0 radical (unpaired) electrons. The lowest BCUT2D eigenvalue weighted by atomic mass is 9.96. The average molecular weight is 566 g/mol. The standard InChI is InChI=1S/C29H30F3N7O2/c30-29(31,32)22-7-9-34-23(14-22)36-28(40)20-5-3-19(4-6-20)24-25-26(33)35-10-12-39(25)27(37-24)21-2-1-11-38(16-21)15-18-8-13-41-17-18/h3-7,9-10,12,14,18,21H,1-2,8,11,13,15-17H2,(H2,33,35)(H,34,36,40)/t18?,21-/m1/s1. The van der Waals surface area contributed by atoms with E-state index in [1.165, 1.54) is 0 Å². The minimum atomic E-state index is -4.53. The number of carbonyl (C=O) groups excluding carboxylic acids is 1. The zero-order valence-electron chi connectivity index (χ0n) is 22.3. The van der Waals surface area contributed by atoms with Crippen molar-refractivity contribution < 1.29 is 22.7 Å². The number of alkyl halides is 3. The molecule has 12 heteroatoms.